The number of benzene rings is 1. The second-order valence-corrected chi connectivity index (χ2v) is 7.60. The van der Waals surface area contributed by atoms with Crippen LogP contribution < -0.4 is 4.74 Å². The van der Waals surface area contributed by atoms with E-state index in [0.29, 0.717) is 6.61 Å². The molecule has 0 fully saturated rings. The van der Waals surface area contributed by atoms with Gasteiger partial charge in [-0.1, -0.05) is 12.1 Å². The van der Waals surface area contributed by atoms with E-state index in [1.165, 1.54) is 0 Å². The van der Waals surface area contributed by atoms with Gasteiger partial charge in [-0.15, -0.1) is 0 Å². The van der Waals surface area contributed by atoms with Gasteiger partial charge in [0.2, 0.25) is 0 Å². The summed E-state index contributed by atoms with van der Waals surface area (Å²) < 4.78 is 13.5. The molecule has 28 heavy (non-hydrogen) atoms. The van der Waals surface area contributed by atoms with Crippen molar-refractivity contribution in [3.63, 3.8) is 0 Å². The Balaban J connectivity index is 1.68. The van der Waals surface area contributed by atoms with Crippen LogP contribution >= 0.6 is 16.1 Å². The van der Waals surface area contributed by atoms with Crippen LogP contribution in [0.1, 0.15) is 6.42 Å². The molecule has 4 rings (SSSR count). The lowest BCUT2D eigenvalue weighted by atomic mass is 10.0. The van der Waals surface area contributed by atoms with Gasteiger partial charge in [0.15, 0.2) is 11.4 Å². The summed E-state index contributed by atoms with van der Waals surface area (Å²) in [5.74, 6) is 1.66. The van der Waals surface area contributed by atoms with Gasteiger partial charge >= 0.3 is 0 Å². The van der Waals surface area contributed by atoms with Crippen LogP contribution in [0.3, 0.4) is 0 Å². The van der Waals surface area contributed by atoms with Gasteiger partial charge in [0, 0.05) is 23.7 Å². The van der Waals surface area contributed by atoms with Crippen LogP contribution in [0.25, 0.3) is 33.6 Å². The Morgan fingerprint density at radius 2 is 1.93 bits per heavy atom. The molecule has 0 unspecified atom stereocenters. The number of hydrogen-bond donors (Lipinski definition) is 0. The van der Waals surface area contributed by atoms with Crippen molar-refractivity contribution in [1.82, 2.24) is 13.5 Å². The number of fused-ring (bicyclic) bond motifs is 1. The van der Waals surface area contributed by atoms with Crippen molar-refractivity contribution >= 4 is 27.2 Å². The van der Waals surface area contributed by atoms with E-state index in [4.69, 9.17) is 9.15 Å². The number of aromatic nitrogens is 2. The summed E-state index contributed by atoms with van der Waals surface area (Å²) in [6.45, 7) is 1.72. The minimum absolute atomic E-state index is 0.708. The molecule has 6 heteroatoms. The number of rotatable bonds is 7. The van der Waals surface area contributed by atoms with E-state index in [9.17, 15) is 0 Å². The Morgan fingerprint density at radius 1 is 1.11 bits per heavy atom. The van der Waals surface area contributed by atoms with Gasteiger partial charge < -0.3 is 14.1 Å². The largest absolute Gasteiger partial charge is 0.494 e. The number of halogens is 1. The van der Waals surface area contributed by atoms with E-state index in [2.05, 4.69) is 58.3 Å². The third kappa shape index (κ3) is 3.70. The predicted octanol–water partition coefficient (Wildman–Crippen LogP) is 5.45. The normalized spacial score (nSPS) is 11.4. The molecular weight excluding hydrogens is 418 g/mol. The summed E-state index contributed by atoms with van der Waals surface area (Å²) in [7, 11) is 4.14. The third-order valence-corrected chi connectivity index (χ3v) is 5.28. The van der Waals surface area contributed by atoms with Gasteiger partial charge in [-0.25, -0.2) is 4.98 Å². The highest BCUT2D eigenvalue weighted by atomic mass is 79.9. The molecule has 0 amide bonds. The Hall–Kier alpha value is -2.57. The first kappa shape index (κ1) is 18.8. The maximum Gasteiger partial charge on any atom is 0.151 e. The van der Waals surface area contributed by atoms with E-state index in [0.717, 1.165) is 52.3 Å². The molecule has 144 valence electrons. The number of furan rings is 1. The highest BCUT2D eigenvalue weighted by Gasteiger charge is 2.21. The molecule has 0 atom stereocenters. The smallest absolute Gasteiger partial charge is 0.151 e. The zero-order valence-electron chi connectivity index (χ0n) is 15.9. The maximum atomic E-state index is 5.87. The van der Waals surface area contributed by atoms with E-state index in [1.807, 2.05) is 33.9 Å². The molecular formula is C22H22BrN3O2. The second-order valence-electron chi connectivity index (χ2n) is 6.89. The summed E-state index contributed by atoms with van der Waals surface area (Å²) in [4.78, 5) is 6.68. The van der Waals surface area contributed by atoms with Crippen molar-refractivity contribution in [2.24, 2.45) is 0 Å². The first-order valence-corrected chi connectivity index (χ1v) is 9.93. The van der Waals surface area contributed by atoms with E-state index in [-0.39, 0.29) is 0 Å². The monoisotopic (exact) mass is 439 g/mol. The third-order valence-electron chi connectivity index (χ3n) is 4.59. The van der Waals surface area contributed by atoms with E-state index < -0.39 is 0 Å². The molecule has 0 N–H and O–H groups in total. The van der Waals surface area contributed by atoms with E-state index in [1.54, 1.807) is 12.5 Å². The molecule has 0 spiro atoms. The maximum absolute atomic E-state index is 5.87. The van der Waals surface area contributed by atoms with Crippen LogP contribution in [0.2, 0.25) is 0 Å². The molecule has 0 aliphatic heterocycles. The minimum atomic E-state index is 0.708. The number of nitrogens with zero attached hydrogens (tertiary/aromatic N) is 3. The molecule has 3 heterocycles. The number of pyridine rings is 1. The zero-order valence-corrected chi connectivity index (χ0v) is 17.5. The van der Waals surface area contributed by atoms with Crippen molar-refractivity contribution in [2.75, 3.05) is 27.2 Å². The van der Waals surface area contributed by atoms with Crippen molar-refractivity contribution in [3.8, 4) is 28.3 Å². The molecule has 0 radical (unpaired) electrons. The molecule has 1 aromatic carbocycles. The minimum Gasteiger partial charge on any atom is -0.494 e. The first-order valence-electron chi connectivity index (χ1n) is 9.22. The summed E-state index contributed by atoms with van der Waals surface area (Å²) >= 11 is 3.66. The second kappa shape index (κ2) is 8.20. The summed E-state index contributed by atoms with van der Waals surface area (Å²) in [6.07, 6.45) is 4.47. The van der Waals surface area contributed by atoms with Crippen molar-refractivity contribution in [3.05, 3.63) is 61.0 Å². The van der Waals surface area contributed by atoms with Crippen molar-refractivity contribution in [1.29, 1.82) is 0 Å². The van der Waals surface area contributed by atoms with E-state index >= 15 is 0 Å². The van der Waals surface area contributed by atoms with Gasteiger partial charge in [-0.05, 0) is 62.5 Å². The summed E-state index contributed by atoms with van der Waals surface area (Å²) in [5.41, 5.74) is 3.96. The SMILES string of the molecule is CN(C)CCCOc1ccc(-c2c(-c3ccco3)n(Br)c3ncccc23)cc1. The van der Waals surface area contributed by atoms with Crippen molar-refractivity contribution in [2.45, 2.75) is 6.42 Å². The summed E-state index contributed by atoms with van der Waals surface area (Å²) in [5, 5.41) is 1.06. The molecule has 0 aliphatic rings. The van der Waals surface area contributed by atoms with Crippen LogP contribution in [0, 0.1) is 0 Å². The fourth-order valence-electron chi connectivity index (χ4n) is 3.29. The zero-order chi connectivity index (χ0) is 19.5. The highest BCUT2D eigenvalue weighted by Crippen LogP contribution is 2.41. The fourth-order valence-corrected chi connectivity index (χ4v) is 3.93. The highest BCUT2D eigenvalue weighted by molar-refractivity contribution is 9.08. The average molecular weight is 440 g/mol. The molecule has 5 nitrogen and oxygen atoms in total. The molecule has 4 aromatic rings. The Labute approximate surface area is 172 Å². The van der Waals surface area contributed by atoms with Crippen LogP contribution in [0.5, 0.6) is 5.75 Å². The Bertz CT molecular complexity index is 1050. The predicted molar refractivity (Wildman–Crippen MR) is 116 cm³/mol. The lowest BCUT2D eigenvalue weighted by molar-refractivity contribution is 0.281. The number of ether oxygens (including phenoxy) is 1. The Morgan fingerprint density at radius 3 is 2.64 bits per heavy atom. The van der Waals surface area contributed by atoms with Crippen LogP contribution in [0.15, 0.2) is 65.4 Å². The van der Waals surface area contributed by atoms with Gasteiger partial charge in [0.25, 0.3) is 0 Å². The van der Waals surface area contributed by atoms with Gasteiger partial charge in [0.1, 0.15) is 11.4 Å². The summed E-state index contributed by atoms with van der Waals surface area (Å²) in [6, 6.07) is 16.1. The molecule has 0 bridgehead atoms. The van der Waals surface area contributed by atoms with Crippen LogP contribution in [-0.2, 0) is 0 Å². The lowest BCUT2D eigenvalue weighted by Crippen LogP contribution is -2.15. The van der Waals surface area contributed by atoms with Crippen LogP contribution in [-0.4, -0.2) is 40.7 Å². The Kier molecular flexibility index (Phi) is 5.50. The van der Waals surface area contributed by atoms with Crippen molar-refractivity contribution < 1.29 is 9.15 Å². The topological polar surface area (TPSA) is 43.4 Å². The molecule has 3 aromatic heterocycles. The molecule has 0 saturated carbocycles. The van der Waals surface area contributed by atoms with Gasteiger partial charge in [-0.3, -0.25) is 3.59 Å². The standard InChI is InChI=1S/C22H22BrN3O2/c1-25(2)13-5-15-27-17-10-8-16(9-11-17)20-18-6-3-12-24-22(18)26(23)21(20)19-7-4-14-28-19/h3-4,6-12,14H,5,13,15H2,1-2H3. The van der Waals surface area contributed by atoms with Gasteiger partial charge in [-0.2, -0.15) is 0 Å². The number of hydrogen-bond acceptors (Lipinski definition) is 4. The average Bonchev–Trinajstić information content (AvgIpc) is 3.32. The lowest BCUT2D eigenvalue weighted by Gasteiger charge is -2.11. The first-order chi connectivity index (χ1) is 13.6. The van der Waals surface area contributed by atoms with Gasteiger partial charge in [0.05, 0.1) is 29.0 Å². The quantitative estimate of drug-likeness (QED) is 0.359. The van der Waals surface area contributed by atoms with Crippen LogP contribution in [0.4, 0.5) is 0 Å². The molecule has 0 saturated heterocycles. The fraction of sp³-hybridized carbons (Fsp3) is 0.227. The molecule has 0 aliphatic carbocycles.